The minimum Gasteiger partial charge on any atom is -0.258 e. The van der Waals surface area contributed by atoms with E-state index in [0.717, 1.165) is 11.4 Å². The molecule has 0 radical (unpaired) electrons. The summed E-state index contributed by atoms with van der Waals surface area (Å²) >= 11 is 0. The molecule has 16 heavy (non-hydrogen) atoms. The van der Waals surface area contributed by atoms with Gasteiger partial charge in [-0.1, -0.05) is 38.1 Å². The first-order valence-corrected chi connectivity index (χ1v) is 5.83. The van der Waals surface area contributed by atoms with Crippen LogP contribution in [0.5, 0.6) is 0 Å². The van der Waals surface area contributed by atoms with Crippen LogP contribution in [0.25, 0.3) is 5.70 Å². The molecular formula is C15H21N. The van der Waals surface area contributed by atoms with Crippen LogP contribution in [-0.2, 0) is 0 Å². The van der Waals surface area contributed by atoms with Gasteiger partial charge in [0.25, 0.3) is 0 Å². The fraction of sp³-hybridized carbons (Fsp3) is 0.400. The highest BCUT2D eigenvalue weighted by atomic mass is 14.7. The Morgan fingerprint density at radius 2 is 1.94 bits per heavy atom. The molecule has 1 heteroatoms. The van der Waals surface area contributed by atoms with E-state index in [9.17, 15) is 0 Å². The van der Waals surface area contributed by atoms with E-state index < -0.39 is 0 Å². The van der Waals surface area contributed by atoms with Crippen LogP contribution in [0.4, 0.5) is 0 Å². The van der Waals surface area contributed by atoms with E-state index in [1.807, 2.05) is 20.8 Å². The predicted molar refractivity (Wildman–Crippen MR) is 73.0 cm³/mol. The molecule has 0 aromatic heterocycles. The first kappa shape index (κ1) is 12.7. The zero-order valence-corrected chi connectivity index (χ0v) is 10.9. The number of hydrogen-bond acceptors (Lipinski definition) is 1. The topological polar surface area (TPSA) is 12.4 Å². The monoisotopic (exact) mass is 215 g/mol. The largest absolute Gasteiger partial charge is 0.258 e. The standard InChI is InChI=1S/C15H21N/c1-6-15(16-12(4)5)14-9-7-8-13(10-14)11(2)3/h6-11H,1-5H3/b15-6-. The molecule has 1 aromatic carbocycles. The van der Waals surface area contributed by atoms with E-state index in [1.54, 1.807) is 0 Å². The lowest BCUT2D eigenvalue weighted by Crippen LogP contribution is -1.91. The van der Waals surface area contributed by atoms with Crippen LogP contribution in [-0.4, -0.2) is 5.71 Å². The third kappa shape index (κ3) is 3.34. The third-order valence-corrected chi connectivity index (χ3v) is 2.47. The normalized spacial score (nSPS) is 11.8. The van der Waals surface area contributed by atoms with Gasteiger partial charge in [0.1, 0.15) is 0 Å². The first-order chi connectivity index (χ1) is 7.54. The van der Waals surface area contributed by atoms with E-state index >= 15 is 0 Å². The lowest BCUT2D eigenvalue weighted by molar-refractivity contribution is 0.866. The number of benzene rings is 1. The van der Waals surface area contributed by atoms with Crippen LogP contribution >= 0.6 is 0 Å². The highest BCUT2D eigenvalue weighted by molar-refractivity contribution is 5.86. The fourth-order valence-corrected chi connectivity index (χ4v) is 1.59. The number of nitrogens with zero attached hydrogens (tertiary/aromatic N) is 1. The second-order valence-corrected chi connectivity index (χ2v) is 4.51. The number of rotatable bonds is 3. The quantitative estimate of drug-likeness (QED) is 0.651. The summed E-state index contributed by atoms with van der Waals surface area (Å²) in [7, 11) is 0. The van der Waals surface area contributed by atoms with Gasteiger partial charge in [-0.25, -0.2) is 0 Å². The Balaban J connectivity index is 3.12. The summed E-state index contributed by atoms with van der Waals surface area (Å²) in [5.41, 5.74) is 4.71. The molecule has 0 aliphatic carbocycles. The molecule has 0 atom stereocenters. The summed E-state index contributed by atoms with van der Waals surface area (Å²) in [5.74, 6) is 0.560. The van der Waals surface area contributed by atoms with E-state index in [1.165, 1.54) is 11.1 Å². The Morgan fingerprint density at radius 3 is 2.44 bits per heavy atom. The van der Waals surface area contributed by atoms with Crippen molar-refractivity contribution < 1.29 is 0 Å². The molecule has 0 amide bonds. The SMILES string of the molecule is C/C=C(\N=C(C)C)c1cccc(C(C)C)c1. The van der Waals surface area contributed by atoms with Gasteiger partial charge in [-0.2, -0.15) is 0 Å². The lowest BCUT2D eigenvalue weighted by Gasteiger charge is -2.08. The second kappa shape index (κ2) is 5.64. The van der Waals surface area contributed by atoms with Gasteiger partial charge in [0.2, 0.25) is 0 Å². The molecule has 0 N–H and O–H groups in total. The Kier molecular flexibility index (Phi) is 4.48. The minimum atomic E-state index is 0.560. The van der Waals surface area contributed by atoms with Crippen molar-refractivity contribution >= 4 is 11.4 Å². The van der Waals surface area contributed by atoms with Gasteiger partial charge in [-0.3, -0.25) is 4.99 Å². The van der Waals surface area contributed by atoms with Crippen molar-refractivity contribution in [2.75, 3.05) is 0 Å². The van der Waals surface area contributed by atoms with Gasteiger partial charge in [0, 0.05) is 11.3 Å². The maximum atomic E-state index is 4.54. The molecule has 0 saturated heterocycles. The van der Waals surface area contributed by atoms with Crippen LogP contribution in [0, 0.1) is 0 Å². The van der Waals surface area contributed by atoms with E-state index in [4.69, 9.17) is 0 Å². The first-order valence-electron chi connectivity index (χ1n) is 5.83. The van der Waals surface area contributed by atoms with E-state index in [-0.39, 0.29) is 0 Å². The van der Waals surface area contributed by atoms with Crippen molar-refractivity contribution in [3.05, 3.63) is 41.5 Å². The molecular weight excluding hydrogens is 194 g/mol. The van der Waals surface area contributed by atoms with Gasteiger partial charge in [0.05, 0.1) is 5.70 Å². The Labute approximate surface area is 98.9 Å². The molecule has 0 saturated carbocycles. The molecule has 0 aliphatic rings. The van der Waals surface area contributed by atoms with E-state index in [2.05, 4.69) is 49.2 Å². The van der Waals surface area contributed by atoms with Crippen LogP contribution < -0.4 is 0 Å². The summed E-state index contributed by atoms with van der Waals surface area (Å²) < 4.78 is 0. The van der Waals surface area contributed by atoms with E-state index in [0.29, 0.717) is 5.92 Å². The number of allylic oxidation sites excluding steroid dienone is 1. The molecule has 0 fully saturated rings. The molecule has 1 aromatic rings. The summed E-state index contributed by atoms with van der Waals surface area (Å²) in [6.07, 6.45) is 2.06. The zero-order chi connectivity index (χ0) is 12.1. The minimum absolute atomic E-state index is 0.560. The Morgan fingerprint density at radius 1 is 1.25 bits per heavy atom. The zero-order valence-electron chi connectivity index (χ0n) is 10.9. The maximum Gasteiger partial charge on any atom is 0.0658 e. The highest BCUT2D eigenvalue weighted by Crippen LogP contribution is 2.21. The average Bonchev–Trinajstić information content (AvgIpc) is 2.25. The smallest absolute Gasteiger partial charge is 0.0658 e. The number of aliphatic imine (C=N–C) groups is 1. The summed E-state index contributed by atoms with van der Waals surface area (Å²) in [5, 5.41) is 0. The second-order valence-electron chi connectivity index (χ2n) is 4.51. The molecule has 0 unspecified atom stereocenters. The van der Waals surface area contributed by atoms with Crippen LogP contribution in [0.3, 0.4) is 0 Å². The van der Waals surface area contributed by atoms with Crippen LogP contribution in [0.1, 0.15) is 51.7 Å². The van der Waals surface area contributed by atoms with Gasteiger partial charge in [-0.05, 0) is 38.3 Å². The third-order valence-electron chi connectivity index (χ3n) is 2.47. The highest BCUT2D eigenvalue weighted by Gasteiger charge is 2.03. The van der Waals surface area contributed by atoms with Gasteiger partial charge < -0.3 is 0 Å². The summed E-state index contributed by atoms with van der Waals surface area (Å²) in [4.78, 5) is 4.54. The van der Waals surface area contributed by atoms with Crippen molar-refractivity contribution in [2.45, 2.75) is 40.5 Å². The molecule has 0 aliphatic heterocycles. The van der Waals surface area contributed by atoms with Crippen molar-refractivity contribution in [1.29, 1.82) is 0 Å². The van der Waals surface area contributed by atoms with Gasteiger partial charge >= 0.3 is 0 Å². The molecule has 0 heterocycles. The fourth-order valence-electron chi connectivity index (χ4n) is 1.59. The average molecular weight is 215 g/mol. The van der Waals surface area contributed by atoms with Crippen molar-refractivity contribution in [2.24, 2.45) is 4.99 Å². The van der Waals surface area contributed by atoms with Crippen molar-refractivity contribution in [3.63, 3.8) is 0 Å². The number of hydrogen-bond donors (Lipinski definition) is 0. The van der Waals surface area contributed by atoms with Crippen LogP contribution in [0.2, 0.25) is 0 Å². The Hall–Kier alpha value is -1.37. The van der Waals surface area contributed by atoms with Gasteiger partial charge in [-0.15, -0.1) is 0 Å². The molecule has 1 nitrogen and oxygen atoms in total. The predicted octanol–water partition coefficient (Wildman–Crippen LogP) is 4.65. The van der Waals surface area contributed by atoms with Gasteiger partial charge in [0.15, 0.2) is 0 Å². The van der Waals surface area contributed by atoms with Crippen molar-refractivity contribution in [1.82, 2.24) is 0 Å². The lowest BCUT2D eigenvalue weighted by atomic mass is 10.00. The maximum absolute atomic E-state index is 4.54. The molecule has 1 rings (SSSR count). The Bertz CT molecular complexity index is 407. The van der Waals surface area contributed by atoms with Crippen LogP contribution in [0.15, 0.2) is 35.3 Å². The summed E-state index contributed by atoms with van der Waals surface area (Å²) in [6.45, 7) is 10.5. The summed E-state index contributed by atoms with van der Waals surface area (Å²) in [6, 6.07) is 8.62. The molecule has 0 bridgehead atoms. The molecule has 0 spiro atoms. The molecule has 86 valence electrons. The van der Waals surface area contributed by atoms with Crippen molar-refractivity contribution in [3.8, 4) is 0 Å².